The zero-order valence-corrected chi connectivity index (χ0v) is 12.8. The van der Waals surface area contributed by atoms with Crippen molar-refractivity contribution >= 4 is 27.5 Å². The number of hydrazine groups is 1. The number of hydrogen-bond acceptors (Lipinski definition) is 2. The normalized spacial score (nSPS) is 18.2. The van der Waals surface area contributed by atoms with Crippen molar-refractivity contribution in [3.63, 3.8) is 0 Å². The number of halogens is 2. The minimum Gasteiger partial charge on any atom is -0.271 e. The first-order valence-corrected chi connectivity index (χ1v) is 7.76. The molecule has 18 heavy (non-hydrogen) atoms. The van der Waals surface area contributed by atoms with Crippen LogP contribution in [0.15, 0.2) is 22.7 Å². The van der Waals surface area contributed by atoms with E-state index in [0.29, 0.717) is 6.04 Å². The lowest BCUT2D eigenvalue weighted by molar-refractivity contribution is 0.389. The molecule has 1 atom stereocenters. The summed E-state index contributed by atoms with van der Waals surface area (Å²) in [7, 11) is 0. The molecule has 1 aromatic carbocycles. The van der Waals surface area contributed by atoms with Crippen molar-refractivity contribution in [2.75, 3.05) is 0 Å². The van der Waals surface area contributed by atoms with Gasteiger partial charge in [-0.15, -0.1) is 0 Å². The number of benzene rings is 1. The summed E-state index contributed by atoms with van der Waals surface area (Å²) in [5.41, 5.74) is 4.12. The summed E-state index contributed by atoms with van der Waals surface area (Å²) in [4.78, 5) is 0. The largest absolute Gasteiger partial charge is 0.271 e. The molecule has 1 fully saturated rings. The fourth-order valence-electron chi connectivity index (χ4n) is 2.81. The van der Waals surface area contributed by atoms with Crippen molar-refractivity contribution in [1.82, 2.24) is 5.43 Å². The van der Waals surface area contributed by atoms with Crippen LogP contribution in [0, 0.1) is 5.92 Å². The summed E-state index contributed by atoms with van der Waals surface area (Å²) >= 11 is 9.67. The van der Waals surface area contributed by atoms with E-state index in [4.69, 9.17) is 17.4 Å². The van der Waals surface area contributed by atoms with E-state index in [0.717, 1.165) is 28.3 Å². The van der Waals surface area contributed by atoms with Crippen LogP contribution in [0.1, 0.15) is 37.7 Å². The van der Waals surface area contributed by atoms with Crippen molar-refractivity contribution in [2.24, 2.45) is 11.8 Å². The summed E-state index contributed by atoms with van der Waals surface area (Å²) in [6.45, 7) is 0. The molecule has 100 valence electrons. The molecular formula is C14H20BrClN2. The molecule has 2 rings (SSSR count). The standard InChI is InChI=1S/C14H20BrClN2/c15-12-6-5-11(14(16)9-12)8-13(18-17)7-10-3-1-2-4-10/h5-6,9-10,13,18H,1-4,7-8,17H2. The van der Waals surface area contributed by atoms with Gasteiger partial charge in [-0.2, -0.15) is 0 Å². The fourth-order valence-corrected chi connectivity index (χ4v) is 3.56. The second kappa shape index (κ2) is 6.90. The monoisotopic (exact) mass is 330 g/mol. The van der Waals surface area contributed by atoms with Gasteiger partial charge in [-0.1, -0.05) is 59.3 Å². The van der Waals surface area contributed by atoms with Gasteiger partial charge in [0.25, 0.3) is 0 Å². The first-order valence-electron chi connectivity index (χ1n) is 6.59. The van der Waals surface area contributed by atoms with Gasteiger partial charge >= 0.3 is 0 Å². The van der Waals surface area contributed by atoms with Gasteiger partial charge in [0.2, 0.25) is 0 Å². The molecule has 1 aromatic rings. The summed E-state index contributed by atoms with van der Waals surface area (Å²) in [6.07, 6.45) is 7.52. The zero-order valence-electron chi connectivity index (χ0n) is 10.5. The van der Waals surface area contributed by atoms with E-state index < -0.39 is 0 Å². The molecule has 3 N–H and O–H groups in total. The van der Waals surface area contributed by atoms with Crippen LogP contribution >= 0.6 is 27.5 Å². The van der Waals surface area contributed by atoms with Crippen LogP contribution in [0.25, 0.3) is 0 Å². The third-order valence-corrected chi connectivity index (χ3v) is 4.65. The highest BCUT2D eigenvalue weighted by Crippen LogP contribution is 2.30. The van der Waals surface area contributed by atoms with Gasteiger partial charge in [-0.25, -0.2) is 0 Å². The molecule has 0 bridgehead atoms. The van der Waals surface area contributed by atoms with E-state index in [1.807, 2.05) is 12.1 Å². The quantitative estimate of drug-likeness (QED) is 0.631. The second-order valence-corrected chi connectivity index (χ2v) is 6.51. The Labute approximate surface area is 122 Å². The Hall–Kier alpha value is -0.0900. The lowest BCUT2D eigenvalue weighted by Crippen LogP contribution is -2.38. The third-order valence-electron chi connectivity index (χ3n) is 3.81. The molecular weight excluding hydrogens is 312 g/mol. The Balaban J connectivity index is 1.96. The summed E-state index contributed by atoms with van der Waals surface area (Å²) < 4.78 is 1.02. The molecule has 1 aliphatic carbocycles. The summed E-state index contributed by atoms with van der Waals surface area (Å²) in [5, 5.41) is 0.816. The average Bonchev–Trinajstić information content (AvgIpc) is 2.84. The molecule has 2 nitrogen and oxygen atoms in total. The number of rotatable bonds is 5. The van der Waals surface area contributed by atoms with Gasteiger partial charge in [0, 0.05) is 15.5 Å². The molecule has 0 aliphatic heterocycles. The molecule has 1 unspecified atom stereocenters. The van der Waals surface area contributed by atoms with Crippen molar-refractivity contribution in [2.45, 2.75) is 44.6 Å². The lowest BCUT2D eigenvalue weighted by Gasteiger charge is -2.20. The number of hydrogen-bond donors (Lipinski definition) is 2. The van der Waals surface area contributed by atoms with E-state index in [1.165, 1.54) is 31.2 Å². The van der Waals surface area contributed by atoms with Crippen molar-refractivity contribution < 1.29 is 0 Å². The van der Waals surface area contributed by atoms with Crippen LogP contribution in [0.4, 0.5) is 0 Å². The highest BCUT2D eigenvalue weighted by atomic mass is 79.9. The predicted octanol–water partition coefficient (Wildman–Crippen LogP) is 4.06. The molecule has 0 radical (unpaired) electrons. The predicted molar refractivity (Wildman–Crippen MR) is 80.5 cm³/mol. The van der Waals surface area contributed by atoms with Crippen LogP contribution in [-0.4, -0.2) is 6.04 Å². The van der Waals surface area contributed by atoms with Crippen molar-refractivity contribution in [3.05, 3.63) is 33.3 Å². The summed E-state index contributed by atoms with van der Waals surface area (Å²) in [6, 6.07) is 6.38. The highest BCUT2D eigenvalue weighted by molar-refractivity contribution is 9.10. The maximum absolute atomic E-state index is 6.25. The van der Waals surface area contributed by atoms with Crippen molar-refractivity contribution in [3.8, 4) is 0 Å². The third kappa shape index (κ3) is 3.95. The van der Waals surface area contributed by atoms with E-state index in [9.17, 15) is 0 Å². The topological polar surface area (TPSA) is 38.0 Å². The van der Waals surface area contributed by atoms with Gasteiger partial charge in [0.1, 0.15) is 0 Å². The molecule has 0 saturated heterocycles. The van der Waals surface area contributed by atoms with Crippen LogP contribution in [-0.2, 0) is 6.42 Å². The highest BCUT2D eigenvalue weighted by Gasteiger charge is 2.20. The SMILES string of the molecule is NNC(Cc1ccc(Br)cc1Cl)CC1CCCC1. The maximum Gasteiger partial charge on any atom is 0.0449 e. The Kier molecular flexibility index (Phi) is 5.49. The molecule has 0 heterocycles. The van der Waals surface area contributed by atoms with Crippen LogP contribution in [0.5, 0.6) is 0 Å². The van der Waals surface area contributed by atoms with Crippen LogP contribution in [0.3, 0.4) is 0 Å². The van der Waals surface area contributed by atoms with E-state index >= 15 is 0 Å². The maximum atomic E-state index is 6.25. The summed E-state index contributed by atoms with van der Waals surface area (Å²) in [5.74, 6) is 6.51. The molecule has 1 saturated carbocycles. The molecule has 0 spiro atoms. The van der Waals surface area contributed by atoms with Gasteiger partial charge in [-0.3, -0.25) is 11.3 Å². The van der Waals surface area contributed by atoms with Crippen LogP contribution < -0.4 is 11.3 Å². The minimum absolute atomic E-state index is 0.326. The van der Waals surface area contributed by atoms with Gasteiger partial charge < -0.3 is 0 Å². The Morgan fingerprint density at radius 3 is 2.72 bits per heavy atom. The smallest absolute Gasteiger partial charge is 0.0449 e. The Bertz CT molecular complexity index is 391. The molecule has 4 heteroatoms. The van der Waals surface area contributed by atoms with Gasteiger partial charge in [-0.05, 0) is 36.5 Å². The first kappa shape index (κ1) is 14.3. The van der Waals surface area contributed by atoms with Gasteiger partial charge in [0.05, 0.1) is 0 Å². The molecule has 0 aromatic heterocycles. The van der Waals surface area contributed by atoms with E-state index in [-0.39, 0.29) is 0 Å². The van der Waals surface area contributed by atoms with E-state index in [2.05, 4.69) is 27.4 Å². The number of nitrogens with one attached hydrogen (secondary N) is 1. The lowest BCUT2D eigenvalue weighted by atomic mass is 9.94. The second-order valence-electron chi connectivity index (χ2n) is 5.19. The van der Waals surface area contributed by atoms with Gasteiger partial charge in [0.15, 0.2) is 0 Å². The van der Waals surface area contributed by atoms with Crippen LogP contribution in [0.2, 0.25) is 5.02 Å². The molecule has 0 amide bonds. The zero-order chi connectivity index (χ0) is 13.0. The molecule has 1 aliphatic rings. The Morgan fingerprint density at radius 2 is 2.11 bits per heavy atom. The first-order chi connectivity index (χ1) is 8.69. The minimum atomic E-state index is 0.326. The average molecular weight is 332 g/mol. The van der Waals surface area contributed by atoms with E-state index in [1.54, 1.807) is 0 Å². The fraction of sp³-hybridized carbons (Fsp3) is 0.571. The number of nitrogens with two attached hydrogens (primary N) is 1. The Morgan fingerprint density at radius 1 is 1.39 bits per heavy atom. The van der Waals surface area contributed by atoms with Crippen molar-refractivity contribution in [1.29, 1.82) is 0 Å².